The van der Waals surface area contributed by atoms with Gasteiger partial charge < -0.3 is 15.0 Å². The minimum absolute atomic E-state index is 0.0262. The van der Waals surface area contributed by atoms with Gasteiger partial charge >= 0.3 is 0 Å². The Morgan fingerprint density at radius 2 is 1.84 bits per heavy atom. The van der Waals surface area contributed by atoms with E-state index >= 15 is 0 Å². The predicted molar refractivity (Wildman–Crippen MR) is 120 cm³/mol. The monoisotopic (exact) mass is 448 g/mol. The zero-order chi connectivity index (χ0) is 22.7. The van der Waals surface area contributed by atoms with E-state index in [1.54, 1.807) is 41.4 Å². The molecule has 32 heavy (non-hydrogen) atoms. The summed E-state index contributed by atoms with van der Waals surface area (Å²) in [6, 6.07) is 12.9. The maximum atomic E-state index is 13.0. The van der Waals surface area contributed by atoms with Gasteiger partial charge in [0.05, 0.1) is 10.4 Å². The van der Waals surface area contributed by atoms with Crippen molar-refractivity contribution in [2.45, 2.75) is 18.4 Å². The Bertz CT molecular complexity index is 1410. The van der Waals surface area contributed by atoms with E-state index in [0.717, 1.165) is 0 Å². The van der Waals surface area contributed by atoms with Crippen LogP contribution in [-0.4, -0.2) is 28.9 Å². The molecule has 10 heteroatoms. The summed E-state index contributed by atoms with van der Waals surface area (Å²) in [4.78, 5) is 20.2. The summed E-state index contributed by atoms with van der Waals surface area (Å²) in [5.41, 5.74) is 1.63. The number of aromatic nitrogens is 4. The van der Waals surface area contributed by atoms with Crippen molar-refractivity contribution >= 4 is 38.5 Å². The van der Waals surface area contributed by atoms with Gasteiger partial charge in [-0.05, 0) is 35.8 Å². The van der Waals surface area contributed by atoms with Crippen LogP contribution in [0.25, 0.3) is 21.6 Å². The maximum Gasteiger partial charge on any atom is 0.250 e. The van der Waals surface area contributed by atoms with Crippen LogP contribution in [0.5, 0.6) is 0 Å². The average molecular weight is 449 g/mol. The number of anilines is 1. The number of amides is 1. The molecule has 2 aromatic heterocycles. The molecule has 1 N–H and O–H groups in total. The Labute approximate surface area is 185 Å². The molecule has 0 saturated heterocycles. The zero-order valence-corrected chi connectivity index (χ0v) is 18.0. The van der Waals surface area contributed by atoms with E-state index in [-0.39, 0.29) is 22.4 Å². The fourth-order valence-electron chi connectivity index (χ4n) is 3.07. The number of imidazole rings is 1. The first-order valence-corrected chi connectivity index (χ1v) is 11.1. The van der Waals surface area contributed by atoms with Crippen molar-refractivity contribution in [3.63, 3.8) is 0 Å². The minimum atomic E-state index is -4.09. The lowest BCUT2D eigenvalue weighted by atomic mass is 10.3. The highest BCUT2D eigenvalue weighted by Gasteiger charge is 2.16. The molecule has 0 aliphatic rings. The molecule has 0 aliphatic heterocycles. The molecular formula is C22H20N6O3S. The largest absolute Gasteiger partial charge is 0.429 e. The van der Waals surface area contributed by atoms with Crippen molar-refractivity contribution < 1.29 is 17.8 Å². The molecule has 0 spiro atoms. The highest BCUT2D eigenvalue weighted by Crippen LogP contribution is 2.32. The van der Waals surface area contributed by atoms with Crippen molar-refractivity contribution in [3.05, 3.63) is 84.6 Å². The van der Waals surface area contributed by atoms with Crippen molar-refractivity contribution in [1.29, 1.82) is 0 Å². The van der Waals surface area contributed by atoms with Crippen LogP contribution >= 0.6 is 0 Å². The van der Waals surface area contributed by atoms with Crippen molar-refractivity contribution in [3.8, 4) is 5.82 Å². The molecule has 0 radical (unpaired) electrons. The number of nitrogens with one attached hydrogen (secondary N) is 1. The van der Waals surface area contributed by atoms with Gasteiger partial charge in [-0.2, -0.15) is 4.57 Å². The Balaban J connectivity index is 1.75. The molecule has 0 atom stereocenters. The third-order valence-corrected chi connectivity index (χ3v) is 5.77. The molecule has 0 saturated carbocycles. The number of carbonyl (C=O) groups is 1. The maximum absolute atomic E-state index is 13.0. The number of carbonyl (C=O) groups excluding carboxylic acids is 1. The van der Waals surface area contributed by atoms with E-state index in [1.165, 1.54) is 31.2 Å². The standard InChI is InChI=1S/C22H20N6O3S/c1-3-12-27-13-14-28(15-27)22-21(24-19-6-4-5-7-20(19)25-22)26-32(30,31)18-10-8-17(9-11-18)23-16(2)29/h3-11,13-15H,1,12H2,2H3,(H-,23,24,26,29). The van der Waals surface area contributed by atoms with Crippen LogP contribution in [-0.2, 0) is 21.4 Å². The molecule has 0 aliphatic carbocycles. The first-order valence-electron chi connectivity index (χ1n) is 9.66. The minimum Gasteiger partial charge on any atom is -0.429 e. The quantitative estimate of drug-likeness (QED) is 0.345. The fraction of sp³-hybridized carbons (Fsp3) is 0.0909. The first kappa shape index (κ1) is 21.2. The van der Waals surface area contributed by atoms with Crippen molar-refractivity contribution in [1.82, 2.24) is 14.5 Å². The number of rotatable bonds is 7. The van der Waals surface area contributed by atoms with Gasteiger partial charge in [-0.3, -0.25) is 4.79 Å². The summed E-state index contributed by atoms with van der Waals surface area (Å²) < 4.78 is 33.5. The molecule has 4 rings (SSSR count). The van der Waals surface area contributed by atoms with Gasteiger partial charge in [-0.15, -0.1) is 0 Å². The molecule has 2 aromatic carbocycles. The summed E-state index contributed by atoms with van der Waals surface area (Å²) in [5.74, 6) is 0.00253. The van der Waals surface area contributed by atoms with Gasteiger partial charge in [0.1, 0.15) is 18.9 Å². The van der Waals surface area contributed by atoms with E-state index in [1.807, 2.05) is 16.8 Å². The second kappa shape index (κ2) is 8.60. The number of hydrogen-bond donors (Lipinski definition) is 1. The molecular weight excluding hydrogens is 428 g/mol. The molecule has 2 heterocycles. The summed E-state index contributed by atoms with van der Waals surface area (Å²) in [6.07, 6.45) is 7.07. The topological polar surface area (TPSA) is 112 Å². The van der Waals surface area contributed by atoms with Gasteiger partial charge in [0, 0.05) is 18.4 Å². The molecule has 0 fully saturated rings. The normalized spacial score (nSPS) is 11.3. The number of sulfonamides is 1. The smallest absolute Gasteiger partial charge is 0.250 e. The highest BCUT2D eigenvalue weighted by molar-refractivity contribution is 7.94. The lowest BCUT2D eigenvalue weighted by Gasteiger charge is -2.18. The third-order valence-electron chi connectivity index (χ3n) is 4.49. The van der Waals surface area contributed by atoms with E-state index in [0.29, 0.717) is 23.3 Å². The molecule has 9 nitrogen and oxygen atoms in total. The second-order valence-corrected chi connectivity index (χ2v) is 8.54. The lowest BCUT2D eigenvalue weighted by molar-refractivity contribution is -0.686. The van der Waals surface area contributed by atoms with Crippen LogP contribution in [0.15, 0.2) is 84.8 Å². The van der Waals surface area contributed by atoms with Crippen LogP contribution in [0, 0.1) is 0 Å². The number of benzene rings is 2. The van der Waals surface area contributed by atoms with E-state index < -0.39 is 10.0 Å². The summed E-state index contributed by atoms with van der Waals surface area (Å²) in [6.45, 7) is 5.68. The Hall–Kier alpha value is -4.05. The van der Waals surface area contributed by atoms with Crippen LogP contribution in [0.4, 0.5) is 11.5 Å². The van der Waals surface area contributed by atoms with Gasteiger partial charge in [-0.1, -0.05) is 30.9 Å². The lowest BCUT2D eigenvalue weighted by Crippen LogP contribution is -2.29. The molecule has 0 unspecified atom stereocenters. The van der Waals surface area contributed by atoms with Gasteiger partial charge in [0.15, 0.2) is 0 Å². The first-order chi connectivity index (χ1) is 15.4. The summed E-state index contributed by atoms with van der Waals surface area (Å²) in [5, 5.41) is 2.60. The molecule has 0 bridgehead atoms. The van der Waals surface area contributed by atoms with Crippen LogP contribution < -0.4 is 9.88 Å². The number of para-hydroxylation sites is 2. The SMILES string of the molecule is C=CC[n+]1ccn(-c2nc3ccccc3nc2[N-]S(=O)(=O)c2ccc(NC(C)=O)cc2)c1. The van der Waals surface area contributed by atoms with Gasteiger partial charge in [-0.25, -0.2) is 18.0 Å². The predicted octanol–water partition coefficient (Wildman–Crippen LogP) is 3.25. The number of allylic oxidation sites excluding steroid dienone is 1. The van der Waals surface area contributed by atoms with Gasteiger partial charge in [0.2, 0.25) is 28.1 Å². The van der Waals surface area contributed by atoms with E-state index in [4.69, 9.17) is 0 Å². The van der Waals surface area contributed by atoms with Crippen LogP contribution in [0.3, 0.4) is 0 Å². The Morgan fingerprint density at radius 1 is 1.16 bits per heavy atom. The number of fused-ring (bicyclic) bond motifs is 1. The Kier molecular flexibility index (Phi) is 5.69. The molecule has 1 amide bonds. The number of hydrogen-bond acceptors (Lipinski definition) is 5. The van der Waals surface area contributed by atoms with Crippen LogP contribution in [0.1, 0.15) is 6.92 Å². The van der Waals surface area contributed by atoms with Gasteiger partial charge in [0.25, 0.3) is 0 Å². The third kappa shape index (κ3) is 4.49. The highest BCUT2D eigenvalue weighted by atomic mass is 32.2. The van der Waals surface area contributed by atoms with Crippen LogP contribution in [0.2, 0.25) is 0 Å². The van der Waals surface area contributed by atoms with Crippen molar-refractivity contribution in [2.24, 2.45) is 0 Å². The average Bonchev–Trinajstić information content (AvgIpc) is 3.22. The number of nitrogens with zero attached hydrogens (tertiary/aromatic N) is 5. The molecule has 4 aromatic rings. The summed E-state index contributed by atoms with van der Waals surface area (Å²) in [7, 11) is -4.09. The zero-order valence-electron chi connectivity index (χ0n) is 17.2. The summed E-state index contributed by atoms with van der Waals surface area (Å²) >= 11 is 0. The second-order valence-electron chi connectivity index (χ2n) is 6.94. The fourth-order valence-corrected chi connectivity index (χ4v) is 4.01. The Morgan fingerprint density at radius 3 is 2.50 bits per heavy atom. The van der Waals surface area contributed by atoms with E-state index in [9.17, 15) is 13.2 Å². The van der Waals surface area contributed by atoms with Crippen molar-refractivity contribution in [2.75, 3.05) is 5.32 Å². The molecule has 162 valence electrons. The van der Waals surface area contributed by atoms with E-state index in [2.05, 4.69) is 26.6 Å².